The fourth-order valence-corrected chi connectivity index (χ4v) is 4.00. The highest BCUT2D eigenvalue weighted by molar-refractivity contribution is 6.13. The van der Waals surface area contributed by atoms with Gasteiger partial charge in [-0.2, -0.15) is 0 Å². The molecule has 34 heavy (non-hydrogen) atoms. The minimum Gasteiger partial charge on any atom is -0.444 e. The first-order valence-corrected chi connectivity index (χ1v) is 11.7. The van der Waals surface area contributed by atoms with Gasteiger partial charge in [0, 0.05) is 37.3 Å². The average Bonchev–Trinajstić information content (AvgIpc) is 2.83. The Balaban J connectivity index is 1.52. The molecule has 1 amide bonds. The lowest BCUT2D eigenvalue weighted by molar-refractivity contribution is 0.0240. The van der Waals surface area contributed by atoms with E-state index in [2.05, 4.69) is 35.2 Å². The van der Waals surface area contributed by atoms with Gasteiger partial charge in [0.15, 0.2) is 5.82 Å². The van der Waals surface area contributed by atoms with Gasteiger partial charge in [-0.25, -0.2) is 14.8 Å². The van der Waals surface area contributed by atoms with E-state index in [-0.39, 0.29) is 6.09 Å². The average molecular weight is 457 g/mol. The van der Waals surface area contributed by atoms with Gasteiger partial charge >= 0.3 is 6.09 Å². The van der Waals surface area contributed by atoms with E-state index >= 15 is 0 Å². The Bertz CT molecular complexity index is 1100. The number of aryl methyl sites for hydroxylation is 1. The lowest BCUT2D eigenvalue weighted by atomic mass is 10.0. The highest BCUT2D eigenvalue weighted by Gasteiger charge is 2.26. The van der Waals surface area contributed by atoms with Gasteiger partial charge in [0.2, 0.25) is 0 Å². The standard InChI is InChI=1S/C28H32N4O2/c1-21-24(31-17-19-32(20-18-31)27(33)34-28(2,3)4)15-16-25(29-21)30-26(22-11-7-5-8-12-22)23-13-9-6-10-14-23/h5-16H,17-20H2,1-4H3. The van der Waals surface area contributed by atoms with Gasteiger partial charge in [0.1, 0.15) is 5.60 Å². The predicted octanol–water partition coefficient (Wildman–Crippen LogP) is 5.62. The molecule has 4 rings (SSSR count). The fourth-order valence-electron chi connectivity index (χ4n) is 4.00. The van der Waals surface area contributed by atoms with E-state index in [0.717, 1.165) is 41.3 Å². The van der Waals surface area contributed by atoms with Crippen LogP contribution in [-0.2, 0) is 4.74 Å². The molecule has 0 aliphatic carbocycles. The summed E-state index contributed by atoms with van der Waals surface area (Å²) >= 11 is 0. The minimum absolute atomic E-state index is 0.249. The summed E-state index contributed by atoms with van der Waals surface area (Å²) in [6.07, 6.45) is -0.249. The van der Waals surface area contributed by atoms with E-state index < -0.39 is 5.60 Å². The zero-order valence-corrected chi connectivity index (χ0v) is 20.4. The summed E-state index contributed by atoms with van der Waals surface area (Å²) in [6, 6.07) is 24.4. The summed E-state index contributed by atoms with van der Waals surface area (Å²) in [7, 11) is 0. The molecule has 1 aliphatic heterocycles. The molecule has 0 N–H and O–H groups in total. The van der Waals surface area contributed by atoms with Crippen LogP contribution >= 0.6 is 0 Å². The summed E-state index contributed by atoms with van der Waals surface area (Å²) < 4.78 is 5.51. The molecule has 0 atom stereocenters. The monoisotopic (exact) mass is 456 g/mol. The molecular formula is C28H32N4O2. The molecule has 1 aliphatic rings. The van der Waals surface area contributed by atoms with Crippen molar-refractivity contribution in [3.8, 4) is 0 Å². The summed E-state index contributed by atoms with van der Waals surface area (Å²) in [5.74, 6) is 0.677. The van der Waals surface area contributed by atoms with Crippen LogP contribution in [0.3, 0.4) is 0 Å². The van der Waals surface area contributed by atoms with Crippen molar-refractivity contribution in [1.82, 2.24) is 9.88 Å². The summed E-state index contributed by atoms with van der Waals surface area (Å²) in [4.78, 5) is 26.1. The Hall–Kier alpha value is -3.67. The van der Waals surface area contributed by atoms with E-state index in [4.69, 9.17) is 14.7 Å². The Labute approximate surface area is 201 Å². The van der Waals surface area contributed by atoms with Gasteiger partial charge in [-0.05, 0) is 39.8 Å². The second-order valence-corrected chi connectivity index (χ2v) is 9.42. The quantitative estimate of drug-likeness (QED) is 0.479. The number of hydrogen-bond donors (Lipinski definition) is 0. The van der Waals surface area contributed by atoms with Crippen LogP contribution in [0, 0.1) is 6.92 Å². The van der Waals surface area contributed by atoms with Crippen LogP contribution < -0.4 is 4.90 Å². The van der Waals surface area contributed by atoms with Crippen LogP contribution in [0.2, 0.25) is 0 Å². The van der Waals surface area contributed by atoms with Crippen molar-refractivity contribution < 1.29 is 9.53 Å². The summed E-state index contributed by atoms with van der Waals surface area (Å²) in [6.45, 7) is 10.4. The maximum atomic E-state index is 12.4. The SMILES string of the molecule is Cc1nc(N=C(c2ccccc2)c2ccccc2)ccc1N1CCN(C(=O)OC(C)(C)C)CC1. The molecule has 1 aromatic heterocycles. The van der Waals surface area contributed by atoms with Crippen molar-refractivity contribution in [2.24, 2.45) is 4.99 Å². The van der Waals surface area contributed by atoms with Crippen molar-refractivity contribution >= 4 is 23.3 Å². The molecule has 6 heteroatoms. The van der Waals surface area contributed by atoms with Crippen molar-refractivity contribution in [3.05, 3.63) is 89.6 Å². The third-order valence-corrected chi connectivity index (χ3v) is 5.64. The van der Waals surface area contributed by atoms with E-state index in [9.17, 15) is 4.79 Å². The maximum absolute atomic E-state index is 12.4. The number of aromatic nitrogens is 1. The first-order chi connectivity index (χ1) is 16.3. The normalized spacial score (nSPS) is 14.0. The van der Waals surface area contributed by atoms with Crippen molar-refractivity contribution in [2.45, 2.75) is 33.3 Å². The zero-order valence-electron chi connectivity index (χ0n) is 20.4. The lowest BCUT2D eigenvalue weighted by Crippen LogP contribution is -2.50. The van der Waals surface area contributed by atoms with Gasteiger partial charge in [0.25, 0.3) is 0 Å². The molecule has 1 saturated heterocycles. The number of benzene rings is 2. The molecule has 0 unspecified atom stereocenters. The maximum Gasteiger partial charge on any atom is 0.410 e. The predicted molar refractivity (Wildman–Crippen MR) is 137 cm³/mol. The van der Waals surface area contributed by atoms with Crippen LogP contribution in [0.4, 0.5) is 16.3 Å². The number of carbonyl (C=O) groups is 1. The second kappa shape index (κ2) is 10.1. The zero-order chi connectivity index (χ0) is 24.1. The number of rotatable bonds is 4. The smallest absolute Gasteiger partial charge is 0.410 e. The number of hydrogen-bond acceptors (Lipinski definition) is 5. The number of nitrogens with zero attached hydrogens (tertiary/aromatic N) is 4. The molecule has 0 bridgehead atoms. The number of piperazine rings is 1. The molecule has 176 valence electrons. The van der Waals surface area contributed by atoms with Crippen molar-refractivity contribution in [1.29, 1.82) is 0 Å². The van der Waals surface area contributed by atoms with E-state index in [1.807, 2.05) is 70.2 Å². The number of ether oxygens (including phenoxy) is 1. The van der Waals surface area contributed by atoms with Gasteiger partial charge in [-0.15, -0.1) is 0 Å². The highest BCUT2D eigenvalue weighted by Crippen LogP contribution is 2.25. The molecular weight excluding hydrogens is 424 g/mol. The second-order valence-electron chi connectivity index (χ2n) is 9.42. The first-order valence-electron chi connectivity index (χ1n) is 11.7. The van der Waals surface area contributed by atoms with Gasteiger partial charge in [-0.3, -0.25) is 0 Å². The Kier molecular flexibility index (Phi) is 6.96. The first kappa shape index (κ1) is 23.5. The third kappa shape index (κ3) is 5.81. The number of aliphatic imine (C=N–C) groups is 1. The van der Waals surface area contributed by atoms with Gasteiger partial charge < -0.3 is 14.5 Å². The fraction of sp³-hybridized carbons (Fsp3) is 0.321. The number of amides is 1. The molecule has 0 spiro atoms. The van der Waals surface area contributed by atoms with Crippen LogP contribution in [0.1, 0.15) is 37.6 Å². The van der Waals surface area contributed by atoms with Gasteiger partial charge in [-0.1, -0.05) is 60.7 Å². The van der Waals surface area contributed by atoms with E-state index in [1.54, 1.807) is 4.90 Å². The lowest BCUT2D eigenvalue weighted by Gasteiger charge is -2.37. The molecule has 2 heterocycles. The third-order valence-electron chi connectivity index (χ3n) is 5.64. The van der Waals surface area contributed by atoms with Crippen molar-refractivity contribution in [3.63, 3.8) is 0 Å². The molecule has 6 nitrogen and oxygen atoms in total. The highest BCUT2D eigenvalue weighted by atomic mass is 16.6. The summed E-state index contributed by atoms with van der Waals surface area (Å²) in [5.41, 5.74) is 4.51. The van der Waals surface area contributed by atoms with E-state index in [1.165, 1.54) is 0 Å². The molecule has 0 radical (unpaired) electrons. The molecule has 2 aromatic carbocycles. The number of pyridine rings is 1. The Morgan fingerprint density at radius 2 is 1.41 bits per heavy atom. The van der Waals surface area contributed by atoms with Crippen LogP contribution in [0.5, 0.6) is 0 Å². The molecule has 0 saturated carbocycles. The van der Waals surface area contributed by atoms with Crippen molar-refractivity contribution in [2.75, 3.05) is 31.1 Å². The Morgan fingerprint density at radius 1 is 0.853 bits per heavy atom. The molecule has 3 aromatic rings. The Morgan fingerprint density at radius 3 is 1.91 bits per heavy atom. The van der Waals surface area contributed by atoms with Crippen LogP contribution in [-0.4, -0.2) is 53.5 Å². The largest absolute Gasteiger partial charge is 0.444 e. The molecule has 1 fully saturated rings. The topological polar surface area (TPSA) is 58.0 Å². The van der Waals surface area contributed by atoms with Gasteiger partial charge in [0.05, 0.1) is 17.1 Å². The number of anilines is 1. The summed E-state index contributed by atoms with van der Waals surface area (Å²) in [5, 5.41) is 0. The van der Waals surface area contributed by atoms with Crippen LogP contribution in [0.15, 0.2) is 77.8 Å². The minimum atomic E-state index is -0.483. The van der Waals surface area contributed by atoms with E-state index in [0.29, 0.717) is 18.9 Å². The number of carbonyl (C=O) groups excluding carboxylic acids is 1. The van der Waals surface area contributed by atoms with Crippen LogP contribution in [0.25, 0.3) is 0 Å².